The number of hydrogen-bond acceptors (Lipinski definition) is 12. The topological polar surface area (TPSA) is 152 Å². The summed E-state index contributed by atoms with van der Waals surface area (Å²) in [4.78, 5) is 50.4. The summed E-state index contributed by atoms with van der Waals surface area (Å²) in [7, 11) is 0. The first-order chi connectivity index (χ1) is 29.4. The summed E-state index contributed by atoms with van der Waals surface area (Å²) >= 11 is 0.275. The molecule has 13 nitrogen and oxygen atoms in total. The fourth-order valence-corrected chi connectivity index (χ4v) is 8.91. The standard InChI is InChI=1S/C46H55N7O6S2/c1-33-8-6-9-35(38(33)29-53(32-55)34(2)11-14-45(56)48-30-54)10-7-23-58-24-21-51-17-19-52(20-18-51)22-25-59-42-28-40-37(27-44(42)61(57)46(3,4)5)39(15-16-47-40)50-36-12-13-43-41(26-36)49-31-60-43/h6,8-9,12-13,15-16,26-28,30-32,34H,11,14,17-25,29H2,1-5H3,(H,47,50)(H,48,54,56). The lowest BCUT2D eigenvalue weighted by atomic mass is 10.0. The Kier molecular flexibility index (Phi) is 16.1. The number of aryl methyl sites for hydroxylation is 1. The van der Waals surface area contributed by atoms with Crippen molar-refractivity contribution in [1.29, 1.82) is 0 Å². The smallest absolute Gasteiger partial charge is 0.226 e. The average Bonchev–Trinajstić information content (AvgIpc) is 3.72. The first-order valence-corrected chi connectivity index (χ1v) is 22.6. The Morgan fingerprint density at radius 3 is 2.54 bits per heavy atom. The van der Waals surface area contributed by atoms with Gasteiger partial charge in [0.15, 0.2) is 10.6 Å². The van der Waals surface area contributed by atoms with Crippen molar-refractivity contribution in [2.75, 3.05) is 64.4 Å². The zero-order valence-electron chi connectivity index (χ0n) is 35.6. The molecule has 61 heavy (non-hydrogen) atoms. The summed E-state index contributed by atoms with van der Waals surface area (Å²) in [6.45, 7) is 16.7. The second kappa shape index (κ2) is 21.6. The lowest BCUT2D eigenvalue weighted by Crippen LogP contribution is -2.48. The van der Waals surface area contributed by atoms with E-state index in [0.29, 0.717) is 43.2 Å². The molecule has 0 aliphatic carbocycles. The highest BCUT2D eigenvalue weighted by molar-refractivity contribution is 7.92. The number of pyridine rings is 1. The maximum Gasteiger partial charge on any atom is 0.226 e. The van der Waals surface area contributed by atoms with E-state index in [4.69, 9.17) is 9.47 Å². The molecule has 1 aliphatic rings. The van der Waals surface area contributed by atoms with Crippen LogP contribution < -0.4 is 15.4 Å². The quantitative estimate of drug-likeness (QED) is 0.0419. The maximum absolute atomic E-state index is 13.9. The van der Waals surface area contributed by atoms with Gasteiger partial charge in [-0.3, -0.25) is 34.5 Å². The Morgan fingerprint density at radius 1 is 1.03 bits per heavy atom. The van der Waals surface area contributed by atoms with Crippen LogP contribution in [-0.4, -0.2) is 118 Å². The van der Waals surface area contributed by atoms with Crippen LogP contribution in [0.25, 0.3) is 21.1 Å². The van der Waals surface area contributed by atoms with E-state index in [9.17, 15) is 18.9 Å². The number of piperazine rings is 1. The van der Waals surface area contributed by atoms with Crippen molar-refractivity contribution < 1.29 is 28.4 Å². The van der Waals surface area contributed by atoms with Crippen LogP contribution in [0.5, 0.6) is 5.75 Å². The molecule has 0 spiro atoms. The van der Waals surface area contributed by atoms with Gasteiger partial charge in [-0.2, -0.15) is 0 Å². The fourth-order valence-electron chi connectivity index (χ4n) is 7.06. The summed E-state index contributed by atoms with van der Waals surface area (Å²) in [5, 5.41) is 6.54. The van der Waals surface area contributed by atoms with Crippen LogP contribution in [-0.2, 0) is 36.8 Å². The second-order valence-corrected chi connectivity index (χ2v) is 19.1. The van der Waals surface area contributed by atoms with E-state index in [1.165, 1.54) is 0 Å². The van der Waals surface area contributed by atoms with Gasteiger partial charge in [-0.1, -0.05) is 24.0 Å². The summed E-state index contributed by atoms with van der Waals surface area (Å²) < 4.78 is 26.8. The Balaban J connectivity index is 0.964. The number of aromatic nitrogens is 2. The Bertz CT molecular complexity index is 2350. The molecule has 5 aromatic rings. The number of nitrogens with zero attached hydrogens (tertiary/aromatic N) is 5. The SMILES string of the molecule is Cc1cccc(C#CCOCCN2CCN(CCOc3cc4nccc(Nc5ccc6scnc6c5)c4cc3[S+]([O-])C(C)(C)C)CC2)c1CN(C=O)C(C)CCC(=O)NC=O. The third-order valence-electron chi connectivity index (χ3n) is 10.7. The molecule has 3 heterocycles. The number of amides is 3. The molecule has 15 heteroatoms. The number of carbonyl (C=O) groups is 3. The van der Waals surface area contributed by atoms with E-state index >= 15 is 0 Å². The summed E-state index contributed by atoms with van der Waals surface area (Å²) in [6.07, 6.45) is 3.52. The molecular formula is C46H55N7O6S2. The van der Waals surface area contributed by atoms with Crippen LogP contribution in [0.15, 0.2) is 71.2 Å². The summed E-state index contributed by atoms with van der Waals surface area (Å²) in [5.74, 6) is 6.59. The number of thiazole rings is 1. The van der Waals surface area contributed by atoms with E-state index in [1.807, 2.05) is 88.7 Å². The predicted octanol–water partition coefficient (Wildman–Crippen LogP) is 6.27. The van der Waals surface area contributed by atoms with Crippen molar-refractivity contribution in [1.82, 2.24) is 30.0 Å². The molecule has 2 unspecified atom stereocenters. The van der Waals surface area contributed by atoms with Gasteiger partial charge < -0.3 is 24.2 Å². The zero-order valence-corrected chi connectivity index (χ0v) is 37.2. The molecule has 0 bridgehead atoms. The molecule has 3 amide bonds. The Labute approximate surface area is 365 Å². The van der Waals surface area contributed by atoms with Crippen molar-refractivity contribution in [3.63, 3.8) is 0 Å². The molecule has 3 aromatic carbocycles. The normalized spacial score (nSPS) is 14.5. The molecule has 6 rings (SSSR count). The minimum Gasteiger partial charge on any atom is -0.611 e. The highest BCUT2D eigenvalue weighted by atomic mass is 32.2. The number of fused-ring (bicyclic) bond motifs is 2. The molecular weight excluding hydrogens is 811 g/mol. The van der Waals surface area contributed by atoms with E-state index in [2.05, 4.69) is 48.3 Å². The van der Waals surface area contributed by atoms with Crippen LogP contribution in [0, 0.1) is 18.8 Å². The van der Waals surface area contributed by atoms with Gasteiger partial charge in [-0.15, -0.1) is 11.3 Å². The van der Waals surface area contributed by atoms with Gasteiger partial charge in [0, 0.05) is 98.9 Å². The Morgan fingerprint density at radius 2 is 1.80 bits per heavy atom. The largest absolute Gasteiger partial charge is 0.611 e. The molecule has 0 radical (unpaired) electrons. The fraction of sp³-hybridized carbons (Fsp3) is 0.413. The van der Waals surface area contributed by atoms with Gasteiger partial charge in [0.05, 0.1) is 27.9 Å². The third kappa shape index (κ3) is 12.5. The number of hydrogen-bond donors (Lipinski definition) is 2. The molecule has 1 aliphatic heterocycles. The van der Waals surface area contributed by atoms with Crippen LogP contribution in [0.3, 0.4) is 0 Å². The minimum atomic E-state index is -1.34. The van der Waals surface area contributed by atoms with Crippen molar-refractivity contribution >= 4 is 73.7 Å². The second-order valence-electron chi connectivity index (χ2n) is 16.1. The third-order valence-corrected chi connectivity index (χ3v) is 13.4. The maximum atomic E-state index is 13.9. The van der Waals surface area contributed by atoms with Crippen LogP contribution in [0.1, 0.15) is 57.2 Å². The van der Waals surface area contributed by atoms with E-state index in [-0.39, 0.29) is 25.0 Å². The molecule has 1 fully saturated rings. The molecule has 1 saturated heterocycles. The number of benzene rings is 3. The van der Waals surface area contributed by atoms with E-state index < -0.39 is 15.9 Å². The van der Waals surface area contributed by atoms with Crippen molar-refractivity contribution in [3.8, 4) is 17.6 Å². The predicted molar refractivity (Wildman–Crippen MR) is 243 cm³/mol. The van der Waals surface area contributed by atoms with E-state index in [0.717, 1.165) is 94.9 Å². The van der Waals surface area contributed by atoms with Crippen molar-refractivity contribution in [3.05, 3.63) is 83.0 Å². The molecule has 2 aromatic heterocycles. The zero-order chi connectivity index (χ0) is 43.4. The van der Waals surface area contributed by atoms with Crippen molar-refractivity contribution in [2.45, 2.75) is 69.7 Å². The van der Waals surface area contributed by atoms with Crippen LogP contribution in [0.2, 0.25) is 0 Å². The van der Waals surface area contributed by atoms with Gasteiger partial charge in [0.25, 0.3) is 0 Å². The minimum absolute atomic E-state index is 0.148. The van der Waals surface area contributed by atoms with Gasteiger partial charge in [0.1, 0.15) is 18.0 Å². The molecule has 2 atom stereocenters. The number of nitrogens with one attached hydrogen (secondary N) is 2. The summed E-state index contributed by atoms with van der Waals surface area (Å²) in [5.41, 5.74) is 8.14. The monoisotopic (exact) mass is 865 g/mol. The van der Waals surface area contributed by atoms with Crippen LogP contribution >= 0.6 is 11.3 Å². The number of imide groups is 1. The number of anilines is 2. The van der Waals surface area contributed by atoms with E-state index in [1.54, 1.807) is 22.4 Å². The van der Waals surface area contributed by atoms with Gasteiger partial charge in [-0.05, 0) is 93.7 Å². The summed E-state index contributed by atoms with van der Waals surface area (Å²) in [6, 6.07) is 17.6. The lowest BCUT2D eigenvalue weighted by molar-refractivity contribution is -0.126. The number of ether oxygens (including phenoxy) is 2. The van der Waals surface area contributed by atoms with Gasteiger partial charge in [-0.25, -0.2) is 4.98 Å². The Hall–Kier alpha value is -5.08. The van der Waals surface area contributed by atoms with Crippen molar-refractivity contribution in [2.24, 2.45) is 0 Å². The first kappa shape index (κ1) is 45.4. The first-order valence-electron chi connectivity index (χ1n) is 20.5. The molecule has 2 N–H and O–H groups in total. The number of carbonyl (C=O) groups excluding carboxylic acids is 3. The lowest BCUT2D eigenvalue weighted by Gasteiger charge is -2.34. The van der Waals surface area contributed by atoms with Gasteiger partial charge in [0.2, 0.25) is 18.7 Å². The molecule has 322 valence electrons. The highest BCUT2D eigenvalue weighted by Gasteiger charge is 2.32. The van der Waals surface area contributed by atoms with Crippen LogP contribution in [0.4, 0.5) is 11.4 Å². The molecule has 0 saturated carbocycles. The number of rotatable bonds is 19. The van der Waals surface area contributed by atoms with Gasteiger partial charge >= 0.3 is 0 Å². The highest BCUT2D eigenvalue weighted by Crippen LogP contribution is 2.38. The average molecular weight is 866 g/mol.